The highest BCUT2D eigenvalue weighted by atomic mass is 35.5. The van der Waals surface area contributed by atoms with Crippen LogP contribution in [-0.4, -0.2) is 5.24 Å². The molecule has 0 heterocycles. The van der Waals surface area contributed by atoms with Gasteiger partial charge in [-0.25, -0.2) is 0 Å². The van der Waals surface area contributed by atoms with Gasteiger partial charge in [-0.3, -0.25) is 4.79 Å². The lowest BCUT2D eigenvalue weighted by molar-refractivity contribution is 0.108. The van der Waals surface area contributed by atoms with Crippen molar-refractivity contribution in [2.24, 2.45) is 0 Å². The molecule has 0 N–H and O–H groups in total. The summed E-state index contributed by atoms with van der Waals surface area (Å²) < 4.78 is 0. The third kappa shape index (κ3) is 2.26. The van der Waals surface area contributed by atoms with Crippen molar-refractivity contribution in [3.05, 3.63) is 59.1 Å². The van der Waals surface area contributed by atoms with Crippen LogP contribution in [0.1, 0.15) is 10.4 Å². The first-order valence-electron chi connectivity index (χ1n) is 4.73. The zero-order valence-electron chi connectivity index (χ0n) is 8.28. The number of benzene rings is 2. The van der Waals surface area contributed by atoms with E-state index >= 15 is 0 Å². The molecule has 0 unspecified atom stereocenters. The molecule has 3 heteroatoms. The maximum Gasteiger partial charge on any atom is 0.253 e. The van der Waals surface area contributed by atoms with E-state index in [4.69, 9.17) is 23.2 Å². The average Bonchev–Trinajstić information content (AvgIpc) is 2.30. The van der Waals surface area contributed by atoms with Crippen molar-refractivity contribution in [3.8, 4) is 11.1 Å². The van der Waals surface area contributed by atoms with Gasteiger partial charge >= 0.3 is 0 Å². The average molecular weight is 251 g/mol. The van der Waals surface area contributed by atoms with Crippen molar-refractivity contribution in [2.75, 3.05) is 0 Å². The van der Waals surface area contributed by atoms with Crippen molar-refractivity contribution in [2.45, 2.75) is 0 Å². The van der Waals surface area contributed by atoms with Gasteiger partial charge in [0.05, 0.1) is 0 Å². The minimum atomic E-state index is -0.453. The summed E-state index contributed by atoms with van der Waals surface area (Å²) >= 11 is 11.3. The van der Waals surface area contributed by atoms with Crippen LogP contribution in [-0.2, 0) is 0 Å². The van der Waals surface area contributed by atoms with E-state index in [0.29, 0.717) is 10.6 Å². The molecule has 0 aliphatic rings. The van der Waals surface area contributed by atoms with Crippen LogP contribution in [0.25, 0.3) is 11.1 Å². The highest BCUT2D eigenvalue weighted by molar-refractivity contribution is 6.68. The highest BCUT2D eigenvalue weighted by Gasteiger charge is 2.09. The molecule has 0 bridgehead atoms. The third-order valence-corrected chi connectivity index (χ3v) is 2.75. The summed E-state index contributed by atoms with van der Waals surface area (Å²) in [6.45, 7) is 0. The van der Waals surface area contributed by atoms with Crippen molar-refractivity contribution in [1.82, 2.24) is 0 Å². The molecule has 0 amide bonds. The van der Waals surface area contributed by atoms with E-state index in [1.807, 2.05) is 24.3 Å². The second-order valence-corrected chi connectivity index (χ2v) is 4.11. The zero-order chi connectivity index (χ0) is 11.5. The molecule has 2 rings (SSSR count). The van der Waals surface area contributed by atoms with Crippen LogP contribution in [0.15, 0.2) is 48.5 Å². The number of carbonyl (C=O) groups excluding carboxylic acids is 1. The van der Waals surface area contributed by atoms with Crippen LogP contribution in [0.5, 0.6) is 0 Å². The Kier molecular flexibility index (Phi) is 3.28. The van der Waals surface area contributed by atoms with Crippen molar-refractivity contribution in [1.29, 1.82) is 0 Å². The topological polar surface area (TPSA) is 17.1 Å². The molecule has 0 aromatic heterocycles. The van der Waals surface area contributed by atoms with Crippen molar-refractivity contribution in [3.63, 3.8) is 0 Å². The molecule has 0 atom stereocenters. The molecule has 16 heavy (non-hydrogen) atoms. The quantitative estimate of drug-likeness (QED) is 0.723. The molecule has 0 aliphatic heterocycles. The first kappa shape index (κ1) is 11.2. The van der Waals surface area contributed by atoms with E-state index in [9.17, 15) is 4.79 Å². The zero-order valence-corrected chi connectivity index (χ0v) is 9.79. The maximum absolute atomic E-state index is 11.2. The largest absolute Gasteiger partial charge is 0.276 e. The highest BCUT2D eigenvalue weighted by Crippen LogP contribution is 2.26. The Morgan fingerprint density at radius 3 is 2.19 bits per heavy atom. The molecular weight excluding hydrogens is 243 g/mol. The van der Waals surface area contributed by atoms with Crippen molar-refractivity contribution < 1.29 is 4.79 Å². The fourth-order valence-corrected chi connectivity index (χ4v) is 1.83. The lowest BCUT2D eigenvalue weighted by Gasteiger charge is -2.05. The summed E-state index contributed by atoms with van der Waals surface area (Å²) in [5.41, 5.74) is 2.25. The predicted molar refractivity (Wildman–Crippen MR) is 67.1 cm³/mol. The monoisotopic (exact) mass is 250 g/mol. The first-order valence-corrected chi connectivity index (χ1v) is 5.49. The second-order valence-electron chi connectivity index (χ2n) is 3.33. The van der Waals surface area contributed by atoms with Crippen LogP contribution in [0.3, 0.4) is 0 Å². The number of hydrogen-bond acceptors (Lipinski definition) is 1. The number of rotatable bonds is 2. The van der Waals surface area contributed by atoms with Gasteiger partial charge in [0.25, 0.3) is 5.24 Å². The fourth-order valence-electron chi connectivity index (χ4n) is 1.54. The lowest BCUT2D eigenvalue weighted by atomic mass is 10.0. The van der Waals surface area contributed by atoms with E-state index in [1.165, 1.54) is 0 Å². The molecule has 0 spiro atoms. The second kappa shape index (κ2) is 4.69. The smallest absolute Gasteiger partial charge is 0.253 e. The van der Waals surface area contributed by atoms with Gasteiger partial charge in [-0.15, -0.1) is 0 Å². The normalized spacial score (nSPS) is 10.1. The van der Waals surface area contributed by atoms with Gasteiger partial charge in [-0.05, 0) is 40.9 Å². The number of carbonyl (C=O) groups is 1. The molecule has 1 nitrogen and oxygen atoms in total. The van der Waals surface area contributed by atoms with Gasteiger partial charge in [0, 0.05) is 10.6 Å². The fraction of sp³-hybridized carbons (Fsp3) is 0. The third-order valence-electron chi connectivity index (χ3n) is 2.29. The Hall–Kier alpha value is -1.31. The summed E-state index contributed by atoms with van der Waals surface area (Å²) in [5, 5.41) is 0.212. The maximum atomic E-state index is 11.2. The molecule has 0 radical (unpaired) electrons. The van der Waals surface area contributed by atoms with E-state index < -0.39 is 5.24 Å². The molecule has 80 valence electrons. The molecule has 0 fully saturated rings. The summed E-state index contributed by atoms with van der Waals surface area (Å²) in [4.78, 5) is 11.2. The summed E-state index contributed by atoms with van der Waals surface area (Å²) in [6, 6.07) is 14.5. The number of halogens is 2. The Morgan fingerprint density at radius 1 is 0.938 bits per heavy atom. The van der Waals surface area contributed by atoms with Gasteiger partial charge in [0.2, 0.25) is 0 Å². The Morgan fingerprint density at radius 2 is 1.56 bits per heavy atom. The Balaban J connectivity index is 2.55. The van der Waals surface area contributed by atoms with Crippen LogP contribution in [0, 0.1) is 0 Å². The summed E-state index contributed by atoms with van der Waals surface area (Å²) in [5.74, 6) is 0. The Labute approximate surface area is 104 Å². The standard InChI is InChI=1S/C13H8Cl2O/c14-10-7-5-9(6-8-10)11-3-1-2-4-12(11)13(15)16/h1-8H. The van der Waals surface area contributed by atoms with E-state index in [2.05, 4.69) is 0 Å². The molecular formula is C13H8Cl2O. The van der Waals surface area contributed by atoms with Crippen LogP contribution >= 0.6 is 23.2 Å². The minimum absolute atomic E-state index is 0.453. The van der Waals surface area contributed by atoms with Gasteiger partial charge < -0.3 is 0 Å². The van der Waals surface area contributed by atoms with Gasteiger partial charge in [0.1, 0.15) is 0 Å². The molecule has 0 saturated carbocycles. The molecule has 2 aromatic rings. The summed E-state index contributed by atoms with van der Waals surface area (Å²) in [7, 11) is 0. The van der Waals surface area contributed by atoms with E-state index in [1.54, 1.807) is 24.3 Å². The first-order chi connectivity index (χ1) is 7.68. The van der Waals surface area contributed by atoms with Crippen molar-refractivity contribution >= 4 is 28.4 Å². The lowest BCUT2D eigenvalue weighted by Crippen LogP contribution is -1.92. The van der Waals surface area contributed by atoms with Crippen LogP contribution in [0.4, 0.5) is 0 Å². The van der Waals surface area contributed by atoms with E-state index in [0.717, 1.165) is 11.1 Å². The summed E-state index contributed by atoms with van der Waals surface area (Å²) in [6.07, 6.45) is 0. The van der Waals surface area contributed by atoms with Gasteiger partial charge in [0.15, 0.2) is 0 Å². The van der Waals surface area contributed by atoms with Crippen LogP contribution in [0.2, 0.25) is 5.02 Å². The van der Waals surface area contributed by atoms with Gasteiger partial charge in [-0.2, -0.15) is 0 Å². The number of hydrogen-bond donors (Lipinski definition) is 0. The van der Waals surface area contributed by atoms with Gasteiger partial charge in [-0.1, -0.05) is 41.9 Å². The molecule has 0 aliphatic carbocycles. The minimum Gasteiger partial charge on any atom is -0.276 e. The molecule has 0 saturated heterocycles. The Bertz CT molecular complexity index is 518. The van der Waals surface area contributed by atoms with E-state index in [-0.39, 0.29) is 0 Å². The molecule has 2 aromatic carbocycles. The van der Waals surface area contributed by atoms with Crippen LogP contribution < -0.4 is 0 Å². The SMILES string of the molecule is O=C(Cl)c1ccccc1-c1ccc(Cl)cc1. The predicted octanol–water partition coefficient (Wildman–Crippen LogP) is 4.39.